The first-order chi connectivity index (χ1) is 8.75. The van der Waals surface area contributed by atoms with Crippen molar-refractivity contribution in [3.8, 4) is 0 Å². The van der Waals surface area contributed by atoms with E-state index in [2.05, 4.69) is 42.2 Å². The van der Waals surface area contributed by atoms with Crippen LogP contribution >= 0.6 is 0 Å². The number of fused-ring (bicyclic) bond motifs is 1. The lowest BCUT2D eigenvalue weighted by molar-refractivity contribution is 0.897. The van der Waals surface area contributed by atoms with E-state index in [-0.39, 0.29) is 0 Å². The standard InChI is InChI=1S/C16H18N2/c1-11-5-3-6-12(2)15(11)9-13-10-18-16-14(13)7-4-8-17-16/h4-5,7-8,10H,3,6,9H2,1-2H3,(H,17,18). The van der Waals surface area contributed by atoms with Crippen molar-refractivity contribution in [2.24, 2.45) is 0 Å². The van der Waals surface area contributed by atoms with Crippen LogP contribution in [0.5, 0.6) is 0 Å². The second kappa shape index (κ2) is 4.45. The van der Waals surface area contributed by atoms with Gasteiger partial charge < -0.3 is 4.98 Å². The van der Waals surface area contributed by atoms with Gasteiger partial charge in [0.1, 0.15) is 5.65 Å². The Morgan fingerprint density at radius 2 is 2.22 bits per heavy atom. The monoisotopic (exact) mass is 238 g/mol. The van der Waals surface area contributed by atoms with Gasteiger partial charge in [-0.1, -0.05) is 17.2 Å². The molecule has 0 fully saturated rings. The highest BCUT2D eigenvalue weighted by atomic mass is 14.8. The molecular weight excluding hydrogens is 220 g/mol. The average molecular weight is 238 g/mol. The zero-order chi connectivity index (χ0) is 12.5. The molecule has 2 heterocycles. The molecule has 0 aromatic carbocycles. The van der Waals surface area contributed by atoms with Crippen LogP contribution in [0.2, 0.25) is 0 Å². The summed E-state index contributed by atoms with van der Waals surface area (Å²) in [5.41, 5.74) is 6.82. The summed E-state index contributed by atoms with van der Waals surface area (Å²) >= 11 is 0. The van der Waals surface area contributed by atoms with E-state index in [1.54, 1.807) is 0 Å². The number of aromatic nitrogens is 2. The predicted octanol–water partition coefficient (Wildman–Crippen LogP) is 4.16. The summed E-state index contributed by atoms with van der Waals surface area (Å²) in [5, 5.41) is 1.25. The van der Waals surface area contributed by atoms with Crippen molar-refractivity contribution in [3.63, 3.8) is 0 Å². The van der Waals surface area contributed by atoms with Crippen molar-refractivity contribution in [1.29, 1.82) is 0 Å². The minimum Gasteiger partial charge on any atom is -0.346 e. The Kier molecular flexibility index (Phi) is 2.78. The fourth-order valence-corrected chi connectivity index (χ4v) is 2.76. The third-order valence-corrected chi connectivity index (χ3v) is 3.87. The van der Waals surface area contributed by atoms with Crippen LogP contribution in [0.1, 0.15) is 32.3 Å². The molecule has 0 bridgehead atoms. The van der Waals surface area contributed by atoms with Gasteiger partial charge in [-0.25, -0.2) is 4.98 Å². The lowest BCUT2D eigenvalue weighted by atomic mass is 9.88. The first-order valence-corrected chi connectivity index (χ1v) is 6.52. The Labute approximate surface area is 107 Å². The van der Waals surface area contributed by atoms with Crippen molar-refractivity contribution >= 4 is 11.0 Å². The molecule has 0 amide bonds. The van der Waals surface area contributed by atoms with Gasteiger partial charge in [0.05, 0.1) is 0 Å². The third kappa shape index (κ3) is 1.88. The maximum atomic E-state index is 4.35. The van der Waals surface area contributed by atoms with Crippen LogP contribution in [-0.2, 0) is 6.42 Å². The van der Waals surface area contributed by atoms with E-state index in [1.807, 2.05) is 12.3 Å². The minimum absolute atomic E-state index is 0.989. The Morgan fingerprint density at radius 3 is 3.06 bits per heavy atom. The van der Waals surface area contributed by atoms with Crippen LogP contribution in [-0.4, -0.2) is 9.97 Å². The molecule has 3 rings (SSSR count). The van der Waals surface area contributed by atoms with Crippen LogP contribution < -0.4 is 0 Å². The number of H-pyrrole nitrogens is 1. The van der Waals surface area contributed by atoms with Crippen LogP contribution in [0, 0.1) is 0 Å². The van der Waals surface area contributed by atoms with Gasteiger partial charge in [-0.05, 0) is 56.4 Å². The van der Waals surface area contributed by atoms with Crippen LogP contribution in [0.25, 0.3) is 11.0 Å². The van der Waals surface area contributed by atoms with E-state index in [4.69, 9.17) is 0 Å². The van der Waals surface area contributed by atoms with Gasteiger partial charge in [0, 0.05) is 17.8 Å². The number of pyridine rings is 1. The molecule has 0 saturated carbocycles. The number of hydrogen-bond donors (Lipinski definition) is 1. The van der Waals surface area contributed by atoms with Gasteiger partial charge in [-0.2, -0.15) is 0 Å². The summed E-state index contributed by atoms with van der Waals surface area (Å²) in [6, 6.07) is 4.15. The van der Waals surface area contributed by atoms with Crippen LogP contribution in [0.15, 0.2) is 47.3 Å². The van der Waals surface area contributed by atoms with Crippen molar-refractivity contribution in [3.05, 3.63) is 52.9 Å². The van der Waals surface area contributed by atoms with Gasteiger partial charge >= 0.3 is 0 Å². The predicted molar refractivity (Wildman–Crippen MR) is 75.5 cm³/mol. The van der Waals surface area contributed by atoms with Crippen molar-refractivity contribution in [2.45, 2.75) is 33.1 Å². The summed E-state index contributed by atoms with van der Waals surface area (Å²) in [5.74, 6) is 0. The van der Waals surface area contributed by atoms with E-state index < -0.39 is 0 Å². The Balaban J connectivity index is 2.00. The SMILES string of the molecule is CC1=CCCC(C)=C1Cc1c[nH]c2ncccc12. The third-order valence-electron chi connectivity index (χ3n) is 3.87. The lowest BCUT2D eigenvalue weighted by Gasteiger charge is -2.17. The molecule has 92 valence electrons. The molecule has 0 spiro atoms. The molecule has 0 aliphatic heterocycles. The second-order valence-electron chi connectivity index (χ2n) is 5.07. The number of hydrogen-bond acceptors (Lipinski definition) is 1. The zero-order valence-corrected chi connectivity index (χ0v) is 11.0. The summed E-state index contributed by atoms with van der Waals surface area (Å²) in [4.78, 5) is 7.60. The Morgan fingerprint density at radius 1 is 1.33 bits per heavy atom. The number of rotatable bonds is 2. The van der Waals surface area contributed by atoms with Gasteiger partial charge in [0.15, 0.2) is 0 Å². The molecule has 2 aromatic heterocycles. The number of allylic oxidation sites excluding steroid dienone is 4. The molecule has 2 heteroatoms. The van der Waals surface area contributed by atoms with Crippen LogP contribution in [0.3, 0.4) is 0 Å². The molecule has 2 nitrogen and oxygen atoms in total. The fourth-order valence-electron chi connectivity index (χ4n) is 2.76. The largest absolute Gasteiger partial charge is 0.346 e. The highest BCUT2D eigenvalue weighted by Gasteiger charge is 2.13. The normalized spacial score (nSPS) is 16.2. The molecule has 0 radical (unpaired) electrons. The highest BCUT2D eigenvalue weighted by Crippen LogP contribution is 2.29. The van der Waals surface area contributed by atoms with Crippen molar-refractivity contribution < 1.29 is 0 Å². The molecule has 0 atom stereocenters. The highest BCUT2D eigenvalue weighted by molar-refractivity contribution is 5.80. The molecule has 2 aromatic rings. The molecule has 1 aliphatic carbocycles. The van der Waals surface area contributed by atoms with Crippen molar-refractivity contribution in [1.82, 2.24) is 9.97 Å². The molecule has 0 saturated heterocycles. The maximum Gasteiger partial charge on any atom is 0.137 e. The summed E-state index contributed by atoms with van der Waals surface area (Å²) in [6.07, 6.45) is 9.69. The maximum absolute atomic E-state index is 4.35. The Bertz CT molecular complexity index is 644. The van der Waals surface area contributed by atoms with Gasteiger partial charge in [0.2, 0.25) is 0 Å². The summed E-state index contributed by atoms with van der Waals surface area (Å²) < 4.78 is 0. The first-order valence-electron chi connectivity index (χ1n) is 6.52. The first kappa shape index (κ1) is 11.3. The summed E-state index contributed by atoms with van der Waals surface area (Å²) in [6.45, 7) is 4.49. The zero-order valence-electron chi connectivity index (χ0n) is 11.0. The van der Waals surface area contributed by atoms with Crippen LogP contribution in [0.4, 0.5) is 0 Å². The quantitative estimate of drug-likeness (QED) is 0.836. The average Bonchev–Trinajstić information content (AvgIpc) is 2.77. The summed E-state index contributed by atoms with van der Waals surface area (Å²) in [7, 11) is 0. The molecule has 18 heavy (non-hydrogen) atoms. The fraction of sp³-hybridized carbons (Fsp3) is 0.312. The van der Waals surface area contributed by atoms with Gasteiger partial charge in [-0.3, -0.25) is 0 Å². The minimum atomic E-state index is 0.989. The van der Waals surface area contributed by atoms with E-state index in [1.165, 1.54) is 40.5 Å². The van der Waals surface area contributed by atoms with E-state index in [0.29, 0.717) is 0 Å². The van der Waals surface area contributed by atoms with Crippen molar-refractivity contribution in [2.75, 3.05) is 0 Å². The molecular formula is C16H18N2. The molecule has 1 aliphatic rings. The van der Waals surface area contributed by atoms with E-state index in [0.717, 1.165) is 12.1 Å². The molecule has 0 unspecified atom stereocenters. The number of nitrogens with zero attached hydrogens (tertiary/aromatic N) is 1. The number of nitrogens with one attached hydrogen (secondary N) is 1. The Hall–Kier alpha value is -1.83. The smallest absolute Gasteiger partial charge is 0.137 e. The molecule has 1 N–H and O–H groups in total. The topological polar surface area (TPSA) is 28.7 Å². The van der Waals surface area contributed by atoms with Gasteiger partial charge in [-0.15, -0.1) is 0 Å². The second-order valence-corrected chi connectivity index (χ2v) is 5.07. The van der Waals surface area contributed by atoms with Gasteiger partial charge in [0.25, 0.3) is 0 Å². The number of aromatic amines is 1. The lowest BCUT2D eigenvalue weighted by Crippen LogP contribution is -2.00. The van der Waals surface area contributed by atoms with E-state index in [9.17, 15) is 0 Å². The van der Waals surface area contributed by atoms with E-state index >= 15 is 0 Å².